The van der Waals surface area contributed by atoms with E-state index >= 15 is 0 Å². The Hall–Kier alpha value is -1.88. The van der Waals surface area contributed by atoms with Crippen LogP contribution in [-0.2, 0) is 16.7 Å². The molecule has 0 saturated carbocycles. The number of allylic oxidation sites excluding steroid dienone is 1. The van der Waals surface area contributed by atoms with Crippen LogP contribution in [0.25, 0.3) is 0 Å². The van der Waals surface area contributed by atoms with Crippen LogP contribution in [0.2, 0.25) is 0 Å². The molecule has 0 aromatic heterocycles. The molecule has 3 aliphatic heterocycles. The van der Waals surface area contributed by atoms with Gasteiger partial charge in [0.25, 0.3) is 0 Å². The molecule has 0 N–H and O–H groups in total. The Balaban J connectivity index is 1.72. The average Bonchev–Trinajstić information content (AvgIpc) is 3.15. The minimum Gasteiger partial charge on any atom is -0.501 e. The van der Waals surface area contributed by atoms with Crippen molar-refractivity contribution in [1.82, 2.24) is 4.90 Å². The number of methoxy groups -OCH3 is 2. The second kappa shape index (κ2) is 4.57. The molecule has 5 heteroatoms. The topological polar surface area (TPSA) is 40.2 Å². The summed E-state index contributed by atoms with van der Waals surface area (Å²) in [6.45, 7) is 2.32. The maximum Gasteiger partial charge on any atom is 0.231 e. The van der Waals surface area contributed by atoms with Crippen LogP contribution in [0.15, 0.2) is 17.9 Å². The number of benzene rings is 1. The third-order valence-electron chi connectivity index (χ3n) is 6.10. The molecule has 0 radical (unpaired) electrons. The zero-order valence-corrected chi connectivity index (χ0v) is 13.6. The second-order valence-electron chi connectivity index (χ2n) is 6.84. The van der Waals surface area contributed by atoms with Crippen LogP contribution in [0.5, 0.6) is 17.2 Å². The van der Waals surface area contributed by atoms with E-state index in [0.717, 1.165) is 48.9 Å². The van der Waals surface area contributed by atoms with Crippen LogP contribution >= 0.6 is 0 Å². The van der Waals surface area contributed by atoms with E-state index in [2.05, 4.69) is 17.0 Å². The van der Waals surface area contributed by atoms with Crippen molar-refractivity contribution in [1.29, 1.82) is 0 Å². The van der Waals surface area contributed by atoms with Crippen LogP contribution < -0.4 is 14.2 Å². The highest BCUT2D eigenvalue weighted by molar-refractivity contribution is 5.63. The van der Waals surface area contributed by atoms with Crippen molar-refractivity contribution in [3.63, 3.8) is 0 Å². The van der Waals surface area contributed by atoms with Gasteiger partial charge in [-0.25, -0.2) is 0 Å². The predicted octanol–water partition coefficient (Wildman–Crippen LogP) is 2.57. The number of ether oxygens (including phenoxy) is 4. The molecule has 4 aliphatic rings. The van der Waals surface area contributed by atoms with Gasteiger partial charge < -0.3 is 18.9 Å². The summed E-state index contributed by atoms with van der Waals surface area (Å²) >= 11 is 0. The lowest BCUT2D eigenvalue weighted by atomic mass is 9.65. The SMILES string of the molecule is COC1=CC[C@@]23CCN(Cc4c2cc2c(c4OC)OCO2)[C@@H]3C1. The summed E-state index contributed by atoms with van der Waals surface area (Å²) in [7, 11) is 3.50. The van der Waals surface area contributed by atoms with Crippen LogP contribution in [0.3, 0.4) is 0 Å². The van der Waals surface area contributed by atoms with E-state index in [1.807, 2.05) is 0 Å². The fourth-order valence-corrected chi connectivity index (χ4v) is 5.00. The van der Waals surface area contributed by atoms with E-state index in [1.165, 1.54) is 17.5 Å². The van der Waals surface area contributed by atoms with Gasteiger partial charge in [-0.3, -0.25) is 4.90 Å². The number of fused-ring (bicyclic) bond motifs is 2. The molecule has 2 bridgehead atoms. The summed E-state index contributed by atoms with van der Waals surface area (Å²) in [5.41, 5.74) is 2.83. The highest BCUT2D eigenvalue weighted by atomic mass is 16.7. The second-order valence-corrected chi connectivity index (χ2v) is 6.84. The van der Waals surface area contributed by atoms with E-state index < -0.39 is 0 Å². The van der Waals surface area contributed by atoms with E-state index in [4.69, 9.17) is 18.9 Å². The summed E-state index contributed by atoms with van der Waals surface area (Å²) in [5, 5.41) is 0. The zero-order valence-electron chi connectivity index (χ0n) is 13.6. The van der Waals surface area contributed by atoms with Crippen LogP contribution in [0.4, 0.5) is 0 Å². The van der Waals surface area contributed by atoms with Crippen molar-refractivity contribution >= 4 is 0 Å². The molecule has 1 aromatic carbocycles. The van der Waals surface area contributed by atoms with Crippen LogP contribution in [-0.4, -0.2) is 38.5 Å². The highest BCUT2D eigenvalue weighted by Crippen LogP contribution is 2.58. The average molecular weight is 315 g/mol. The molecule has 0 amide bonds. The van der Waals surface area contributed by atoms with Gasteiger partial charge in [-0.1, -0.05) is 0 Å². The lowest BCUT2D eigenvalue weighted by Gasteiger charge is -2.46. The van der Waals surface area contributed by atoms with Gasteiger partial charge in [0.15, 0.2) is 11.5 Å². The first-order valence-electron chi connectivity index (χ1n) is 8.24. The minimum absolute atomic E-state index is 0.157. The molecule has 5 nitrogen and oxygen atoms in total. The Morgan fingerprint density at radius 2 is 2.17 bits per heavy atom. The van der Waals surface area contributed by atoms with Crippen molar-refractivity contribution in [2.24, 2.45) is 0 Å². The highest BCUT2D eigenvalue weighted by Gasteiger charge is 2.55. The van der Waals surface area contributed by atoms with Gasteiger partial charge in [0.2, 0.25) is 12.5 Å². The van der Waals surface area contributed by atoms with Gasteiger partial charge in [0.1, 0.15) is 0 Å². The fraction of sp³-hybridized carbons (Fsp3) is 0.556. The Kier molecular flexibility index (Phi) is 2.69. The van der Waals surface area contributed by atoms with Gasteiger partial charge in [0, 0.05) is 30.0 Å². The molecule has 3 heterocycles. The van der Waals surface area contributed by atoms with Crippen molar-refractivity contribution in [2.45, 2.75) is 37.3 Å². The smallest absolute Gasteiger partial charge is 0.231 e. The maximum atomic E-state index is 5.73. The first-order valence-corrected chi connectivity index (χ1v) is 8.24. The lowest BCUT2D eigenvalue weighted by Crippen LogP contribution is -2.48. The molecule has 3 atom stereocenters. The number of hydrogen-bond donors (Lipinski definition) is 0. The first-order chi connectivity index (χ1) is 11.3. The number of rotatable bonds is 2. The Bertz CT molecular complexity index is 713. The van der Waals surface area contributed by atoms with Gasteiger partial charge in [-0.15, -0.1) is 0 Å². The Labute approximate surface area is 135 Å². The first kappa shape index (κ1) is 13.5. The van der Waals surface area contributed by atoms with E-state index in [0.29, 0.717) is 6.04 Å². The van der Waals surface area contributed by atoms with Crippen LogP contribution in [0.1, 0.15) is 30.4 Å². The molecule has 122 valence electrons. The monoisotopic (exact) mass is 315 g/mol. The van der Waals surface area contributed by atoms with Gasteiger partial charge in [-0.2, -0.15) is 0 Å². The summed E-state index contributed by atoms with van der Waals surface area (Å²) in [5.74, 6) is 3.58. The normalized spacial score (nSPS) is 32.9. The molecule has 5 rings (SSSR count). The largest absolute Gasteiger partial charge is 0.501 e. The molecule has 1 unspecified atom stereocenters. The Morgan fingerprint density at radius 3 is 3.00 bits per heavy atom. The number of hydrogen-bond acceptors (Lipinski definition) is 5. The molecular formula is C18H21NO4. The quantitative estimate of drug-likeness (QED) is 0.839. The van der Waals surface area contributed by atoms with Crippen molar-refractivity contribution < 1.29 is 18.9 Å². The molecule has 1 aliphatic carbocycles. The molecule has 0 spiro atoms. The van der Waals surface area contributed by atoms with Crippen LogP contribution in [0, 0.1) is 0 Å². The summed E-state index contributed by atoms with van der Waals surface area (Å²) < 4.78 is 22.6. The van der Waals surface area contributed by atoms with E-state index in [9.17, 15) is 0 Å². The molecule has 23 heavy (non-hydrogen) atoms. The van der Waals surface area contributed by atoms with Crippen molar-refractivity contribution in [3.05, 3.63) is 29.0 Å². The lowest BCUT2D eigenvalue weighted by molar-refractivity contribution is 0.135. The van der Waals surface area contributed by atoms with Crippen molar-refractivity contribution in [2.75, 3.05) is 27.6 Å². The summed E-state index contributed by atoms with van der Waals surface area (Å²) in [6.07, 6.45) is 5.47. The molecule has 1 fully saturated rings. The summed E-state index contributed by atoms with van der Waals surface area (Å²) in [6, 6.07) is 2.72. The van der Waals surface area contributed by atoms with Gasteiger partial charge in [-0.05, 0) is 37.1 Å². The third-order valence-corrected chi connectivity index (χ3v) is 6.10. The third kappa shape index (κ3) is 1.61. The van der Waals surface area contributed by atoms with Crippen molar-refractivity contribution in [3.8, 4) is 17.2 Å². The van der Waals surface area contributed by atoms with Gasteiger partial charge in [0.05, 0.1) is 20.0 Å². The molecule has 1 saturated heterocycles. The van der Waals surface area contributed by atoms with E-state index in [1.54, 1.807) is 14.2 Å². The number of nitrogens with zero attached hydrogens (tertiary/aromatic N) is 1. The molecular weight excluding hydrogens is 294 g/mol. The standard InChI is InChI=1S/C18H21NO4/c1-20-11-3-4-18-5-6-19(15(18)7-11)9-12-13(18)8-14-17(16(12)21-2)23-10-22-14/h3,8,15H,4-7,9-10H2,1-2H3/t15-,18-/m1/s1. The Morgan fingerprint density at radius 1 is 1.26 bits per heavy atom. The summed E-state index contributed by atoms with van der Waals surface area (Å²) in [4.78, 5) is 2.58. The maximum absolute atomic E-state index is 5.73. The van der Waals surface area contributed by atoms with Gasteiger partial charge >= 0.3 is 0 Å². The molecule has 1 aromatic rings. The zero-order chi connectivity index (χ0) is 15.6. The predicted molar refractivity (Wildman–Crippen MR) is 83.9 cm³/mol. The fourth-order valence-electron chi connectivity index (χ4n) is 5.00. The van der Waals surface area contributed by atoms with E-state index in [-0.39, 0.29) is 12.2 Å². The minimum atomic E-state index is 0.157.